The summed E-state index contributed by atoms with van der Waals surface area (Å²) >= 11 is 0. The molecule has 0 N–H and O–H groups in total. The van der Waals surface area contributed by atoms with Crippen molar-refractivity contribution in [3.63, 3.8) is 0 Å². The second kappa shape index (κ2) is 1.82. The second-order valence-corrected chi connectivity index (χ2v) is 4.90. The predicted octanol–water partition coefficient (Wildman–Crippen LogP) is 1.59. The lowest BCUT2D eigenvalue weighted by Gasteiger charge is -2.19. The molecule has 3 fully saturated rings. The normalized spacial score (nSPS) is 61.1. The molecule has 3 rings (SSSR count). The maximum atomic E-state index is 2.56. The summed E-state index contributed by atoms with van der Waals surface area (Å²) in [7, 11) is 2.29. The third-order valence-electron chi connectivity index (χ3n) is 4.47. The molecule has 2 aliphatic carbocycles. The number of rotatable bonds is 0. The van der Waals surface area contributed by atoms with Crippen LogP contribution in [0, 0.1) is 23.7 Å². The summed E-state index contributed by atoms with van der Waals surface area (Å²) in [6.45, 7) is 3.81. The molecule has 5 unspecified atom stereocenters. The Bertz CT molecular complexity index is 189. The Kier molecular flexibility index (Phi) is 1.07. The monoisotopic (exact) mass is 151 g/mol. The minimum atomic E-state index is 0.882. The average Bonchev–Trinajstić information content (AvgIpc) is 2.59. The van der Waals surface area contributed by atoms with Crippen molar-refractivity contribution in [3.8, 4) is 0 Å². The molecular weight excluding hydrogens is 134 g/mol. The Hall–Kier alpha value is -0.0400. The lowest BCUT2D eigenvalue weighted by Crippen LogP contribution is -2.25. The molecule has 0 aromatic carbocycles. The lowest BCUT2D eigenvalue weighted by atomic mass is 9.90. The Morgan fingerprint density at radius 2 is 1.82 bits per heavy atom. The first-order valence-corrected chi connectivity index (χ1v) is 4.97. The summed E-state index contributed by atoms with van der Waals surface area (Å²) < 4.78 is 0. The first kappa shape index (κ1) is 6.47. The zero-order valence-electron chi connectivity index (χ0n) is 7.46. The Balaban J connectivity index is 1.85. The maximum absolute atomic E-state index is 2.56. The van der Waals surface area contributed by atoms with Gasteiger partial charge in [0.15, 0.2) is 0 Å². The van der Waals surface area contributed by atoms with Crippen molar-refractivity contribution in [2.75, 3.05) is 13.6 Å². The standard InChI is InChI=1S/C10H17N/c1-6-8-3-7-4-9(7)10(8)5-11(6)2/h6-10H,3-5H2,1-2H3. The Morgan fingerprint density at radius 1 is 1.09 bits per heavy atom. The van der Waals surface area contributed by atoms with E-state index in [-0.39, 0.29) is 0 Å². The topological polar surface area (TPSA) is 3.24 Å². The molecule has 5 atom stereocenters. The average molecular weight is 151 g/mol. The number of nitrogens with zero attached hydrogens (tertiary/aromatic N) is 1. The van der Waals surface area contributed by atoms with E-state index in [4.69, 9.17) is 0 Å². The van der Waals surface area contributed by atoms with Crippen LogP contribution in [0.5, 0.6) is 0 Å². The molecule has 1 aliphatic heterocycles. The molecule has 11 heavy (non-hydrogen) atoms. The van der Waals surface area contributed by atoms with E-state index < -0.39 is 0 Å². The highest BCUT2D eigenvalue weighted by molar-refractivity contribution is 5.08. The Morgan fingerprint density at radius 3 is 2.55 bits per heavy atom. The fraction of sp³-hybridized carbons (Fsp3) is 1.00. The highest BCUT2D eigenvalue weighted by atomic mass is 15.2. The largest absolute Gasteiger partial charge is 0.303 e. The van der Waals surface area contributed by atoms with E-state index in [0.717, 1.165) is 23.8 Å². The summed E-state index contributed by atoms with van der Waals surface area (Å²) in [6.07, 6.45) is 3.13. The van der Waals surface area contributed by atoms with Gasteiger partial charge in [0.25, 0.3) is 0 Å². The zero-order chi connectivity index (χ0) is 7.59. The molecule has 0 radical (unpaired) electrons. The van der Waals surface area contributed by atoms with Gasteiger partial charge in [0.1, 0.15) is 0 Å². The smallest absolute Gasteiger partial charge is 0.00955 e. The van der Waals surface area contributed by atoms with Gasteiger partial charge >= 0.3 is 0 Å². The maximum Gasteiger partial charge on any atom is 0.00955 e. The summed E-state index contributed by atoms with van der Waals surface area (Å²) in [5.41, 5.74) is 0. The van der Waals surface area contributed by atoms with Crippen LogP contribution in [0.15, 0.2) is 0 Å². The van der Waals surface area contributed by atoms with Gasteiger partial charge in [-0.2, -0.15) is 0 Å². The van der Waals surface area contributed by atoms with Crippen LogP contribution in [0.25, 0.3) is 0 Å². The summed E-state index contributed by atoms with van der Waals surface area (Å²) in [5.74, 6) is 4.50. The minimum Gasteiger partial charge on any atom is -0.303 e. The molecule has 1 nitrogen and oxygen atoms in total. The van der Waals surface area contributed by atoms with Crippen molar-refractivity contribution in [3.05, 3.63) is 0 Å². The number of fused-ring (bicyclic) bond motifs is 3. The van der Waals surface area contributed by atoms with Crippen LogP contribution < -0.4 is 0 Å². The van der Waals surface area contributed by atoms with Crippen molar-refractivity contribution in [1.82, 2.24) is 4.90 Å². The van der Waals surface area contributed by atoms with Gasteiger partial charge in [-0.25, -0.2) is 0 Å². The fourth-order valence-electron chi connectivity index (χ4n) is 3.56. The molecular formula is C10H17N. The molecule has 2 saturated carbocycles. The van der Waals surface area contributed by atoms with Crippen LogP contribution >= 0.6 is 0 Å². The first-order valence-electron chi connectivity index (χ1n) is 4.97. The van der Waals surface area contributed by atoms with Gasteiger partial charge in [-0.1, -0.05) is 0 Å². The molecule has 1 heterocycles. The van der Waals surface area contributed by atoms with E-state index in [1.807, 2.05) is 0 Å². The Labute approximate surface area is 68.8 Å². The molecule has 62 valence electrons. The number of likely N-dealkylation sites (tertiary alicyclic amines) is 1. The van der Waals surface area contributed by atoms with Gasteiger partial charge in [-0.05, 0) is 50.5 Å². The summed E-state index contributed by atoms with van der Waals surface area (Å²) in [5, 5.41) is 0. The van der Waals surface area contributed by atoms with Crippen molar-refractivity contribution < 1.29 is 0 Å². The molecule has 3 aliphatic rings. The fourth-order valence-corrected chi connectivity index (χ4v) is 3.56. The van der Waals surface area contributed by atoms with Crippen LogP contribution in [-0.4, -0.2) is 24.5 Å². The predicted molar refractivity (Wildman–Crippen MR) is 45.3 cm³/mol. The highest BCUT2D eigenvalue weighted by Crippen LogP contribution is 2.61. The van der Waals surface area contributed by atoms with Gasteiger partial charge < -0.3 is 4.90 Å². The molecule has 1 heteroatoms. The van der Waals surface area contributed by atoms with Crippen LogP contribution in [0.2, 0.25) is 0 Å². The van der Waals surface area contributed by atoms with Crippen LogP contribution in [0.1, 0.15) is 19.8 Å². The van der Waals surface area contributed by atoms with Crippen LogP contribution in [0.4, 0.5) is 0 Å². The van der Waals surface area contributed by atoms with Crippen LogP contribution in [0.3, 0.4) is 0 Å². The van der Waals surface area contributed by atoms with E-state index >= 15 is 0 Å². The van der Waals surface area contributed by atoms with E-state index in [2.05, 4.69) is 18.9 Å². The minimum absolute atomic E-state index is 0.882. The molecule has 0 aromatic rings. The van der Waals surface area contributed by atoms with Crippen LogP contribution in [-0.2, 0) is 0 Å². The molecule has 0 bridgehead atoms. The van der Waals surface area contributed by atoms with E-state index in [1.54, 1.807) is 12.8 Å². The quantitative estimate of drug-likeness (QED) is 0.508. The van der Waals surface area contributed by atoms with Crippen molar-refractivity contribution in [2.45, 2.75) is 25.8 Å². The second-order valence-electron chi connectivity index (χ2n) is 4.90. The van der Waals surface area contributed by atoms with Gasteiger partial charge in [0.2, 0.25) is 0 Å². The molecule has 0 spiro atoms. The third kappa shape index (κ3) is 0.703. The van der Waals surface area contributed by atoms with Gasteiger partial charge in [0, 0.05) is 12.6 Å². The van der Waals surface area contributed by atoms with E-state index in [0.29, 0.717) is 0 Å². The summed E-state index contributed by atoms with van der Waals surface area (Å²) in [6, 6.07) is 0.882. The van der Waals surface area contributed by atoms with Gasteiger partial charge in [-0.3, -0.25) is 0 Å². The third-order valence-corrected chi connectivity index (χ3v) is 4.47. The first-order chi connectivity index (χ1) is 5.27. The van der Waals surface area contributed by atoms with E-state index in [9.17, 15) is 0 Å². The van der Waals surface area contributed by atoms with Gasteiger partial charge in [0.05, 0.1) is 0 Å². The van der Waals surface area contributed by atoms with E-state index in [1.165, 1.54) is 12.5 Å². The molecule has 0 aromatic heterocycles. The van der Waals surface area contributed by atoms with Gasteiger partial charge in [-0.15, -0.1) is 0 Å². The van der Waals surface area contributed by atoms with Crippen molar-refractivity contribution >= 4 is 0 Å². The van der Waals surface area contributed by atoms with Crippen molar-refractivity contribution in [1.29, 1.82) is 0 Å². The number of hydrogen-bond donors (Lipinski definition) is 0. The molecule has 0 amide bonds. The lowest BCUT2D eigenvalue weighted by molar-refractivity contribution is 0.282. The van der Waals surface area contributed by atoms with Crippen molar-refractivity contribution in [2.24, 2.45) is 23.7 Å². The highest BCUT2D eigenvalue weighted by Gasteiger charge is 2.57. The summed E-state index contributed by atoms with van der Waals surface area (Å²) in [4.78, 5) is 2.56. The zero-order valence-corrected chi connectivity index (χ0v) is 7.46. The SMILES string of the molecule is CC1C2CC3CC3C2CN1C. The molecule has 1 saturated heterocycles. The number of hydrogen-bond acceptors (Lipinski definition) is 1.